The van der Waals surface area contributed by atoms with Crippen LogP contribution < -0.4 is 10.6 Å². The molecule has 0 radical (unpaired) electrons. The molecule has 3 fully saturated rings. The lowest BCUT2D eigenvalue weighted by Gasteiger charge is -2.45. The lowest BCUT2D eigenvalue weighted by Crippen LogP contribution is -2.50. The van der Waals surface area contributed by atoms with E-state index in [-0.39, 0.29) is 11.8 Å². The van der Waals surface area contributed by atoms with Crippen LogP contribution in [0.1, 0.15) is 52.0 Å². The summed E-state index contributed by atoms with van der Waals surface area (Å²) >= 11 is 0. The van der Waals surface area contributed by atoms with Gasteiger partial charge < -0.3 is 15.6 Å². The van der Waals surface area contributed by atoms with Gasteiger partial charge in [-0.3, -0.25) is 19.2 Å². The van der Waals surface area contributed by atoms with Crippen molar-refractivity contribution >= 4 is 28.5 Å². The van der Waals surface area contributed by atoms with Crippen molar-refractivity contribution in [2.24, 2.45) is 13.0 Å². The van der Waals surface area contributed by atoms with Gasteiger partial charge in [0, 0.05) is 67.3 Å². The first-order valence-electron chi connectivity index (χ1n) is 13.3. The number of hydrogen-bond donors (Lipinski definition) is 3. The van der Waals surface area contributed by atoms with E-state index >= 15 is 0 Å². The Morgan fingerprint density at radius 1 is 1.05 bits per heavy atom. The molecule has 0 spiro atoms. The van der Waals surface area contributed by atoms with Gasteiger partial charge in [0.05, 0.1) is 17.5 Å². The van der Waals surface area contributed by atoms with Crippen LogP contribution in [0.5, 0.6) is 0 Å². The summed E-state index contributed by atoms with van der Waals surface area (Å²) in [6.45, 7) is 4.59. The summed E-state index contributed by atoms with van der Waals surface area (Å²) in [6, 6.07) is 9.86. The number of nitrogens with zero attached hydrogens (tertiary/aromatic N) is 4. The number of anilines is 1. The zero-order valence-corrected chi connectivity index (χ0v) is 21.8. The number of aryl methyl sites for hydroxylation is 2. The SMILES string of the molecule is Cc1ccc(C(=O)NCCN2CC3CCC2CC3)cc1NC(=O)c1cnc2[nH]c(-c3cnn(C)c3)cc2c1. The Morgan fingerprint density at radius 2 is 1.89 bits per heavy atom. The summed E-state index contributed by atoms with van der Waals surface area (Å²) in [5.41, 5.74) is 5.01. The predicted molar refractivity (Wildman–Crippen MR) is 147 cm³/mol. The minimum absolute atomic E-state index is 0.124. The van der Waals surface area contributed by atoms with Crippen molar-refractivity contribution in [1.29, 1.82) is 0 Å². The fourth-order valence-corrected chi connectivity index (χ4v) is 5.81. The molecule has 3 aromatic heterocycles. The van der Waals surface area contributed by atoms with Crippen molar-refractivity contribution < 1.29 is 9.59 Å². The van der Waals surface area contributed by atoms with E-state index in [0.29, 0.717) is 35.0 Å². The number of amides is 2. The molecule has 1 saturated carbocycles. The van der Waals surface area contributed by atoms with Gasteiger partial charge in [0.15, 0.2) is 0 Å². The molecule has 0 unspecified atom stereocenters. The van der Waals surface area contributed by atoms with Crippen LogP contribution >= 0.6 is 0 Å². The van der Waals surface area contributed by atoms with Gasteiger partial charge in [0.1, 0.15) is 5.65 Å². The number of nitrogens with one attached hydrogen (secondary N) is 3. The number of aromatic amines is 1. The number of pyridine rings is 1. The van der Waals surface area contributed by atoms with E-state index in [0.717, 1.165) is 41.2 Å². The molecule has 2 amide bonds. The first-order valence-corrected chi connectivity index (χ1v) is 13.3. The van der Waals surface area contributed by atoms with Gasteiger partial charge in [0.25, 0.3) is 11.8 Å². The highest BCUT2D eigenvalue weighted by Gasteiger charge is 2.33. The maximum Gasteiger partial charge on any atom is 0.257 e. The lowest BCUT2D eigenvalue weighted by atomic mass is 9.80. The van der Waals surface area contributed by atoms with Crippen LogP contribution in [0, 0.1) is 12.8 Å². The van der Waals surface area contributed by atoms with Crippen LogP contribution in [0.3, 0.4) is 0 Å². The smallest absolute Gasteiger partial charge is 0.257 e. The second-order valence-electron chi connectivity index (χ2n) is 10.7. The number of H-pyrrole nitrogens is 1. The maximum atomic E-state index is 13.1. The van der Waals surface area contributed by atoms with E-state index in [1.807, 2.05) is 38.4 Å². The largest absolute Gasteiger partial charge is 0.351 e. The molecule has 196 valence electrons. The quantitative estimate of drug-likeness (QED) is 0.346. The van der Waals surface area contributed by atoms with E-state index in [2.05, 4.69) is 30.6 Å². The number of carbonyl (C=O) groups excluding carboxylic acids is 2. The molecule has 3 N–H and O–H groups in total. The maximum absolute atomic E-state index is 13.1. The molecule has 2 aliphatic heterocycles. The normalized spacial score (nSPS) is 19.1. The van der Waals surface area contributed by atoms with Gasteiger partial charge in [-0.05, 0) is 68.4 Å². The van der Waals surface area contributed by atoms with Crippen molar-refractivity contribution in [3.8, 4) is 11.3 Å². The average molecular weight is 512 g/mol. The van der Waals surface area contributed by atoms with Crippen molar-refractivity contribution in [3.05, 3.63) is 65.6 Å². The Morgan fingerprint density at radius 3 is 2.63 bits per heavy atom. The fourth-order valence-electron chi connectivity index (χ4n) is 5.81. The van der Waals surface area contributed by atoms with E-state index in [9.17, 15) is 9.59 Å². The summed E-state index contributed by atoms with van der Waals surface area (Å²) in [7, 11) is 1.87. The van der Waals surface area contributed by atoms with Gasteiger partial charge in [0.2, 0.25) is 0 Å². The van der Waals surface area contributed by atoms with Crippen LogP contribution in [-0.2, 0) is 7.05 Å². The number of fused-ring (bicyclic) bond motifs is 4. The third-order valence-electron chi connectivity index (χ3n) is 8.01. The molecule has 0 atom stereocenters. The molecule has 4 aromatic rings. The molecule has 38 heavy (non-hydrogen) atoms. The van der Waals surface area contributed by atoms with Crippen LogP contribution in [0.25, 0.3) is 22.3 Å². The zero-order chi connectivity index (χ0) is 26.2. The van der Waals surface area contributed by atoms with Crippen LogP contribution in [0.4, 0.5) is 5.69 Å². The number of carbonyl (C=O) groups is 2. The molecular formula is C29H33N7O2. The highest BCUT2D eigenvalue weighted by Crippen LogP contribution is 2.34. The van der Waals surface area contributed by atoms with E-state index < -0.39 is 0 Å². The topological polar surface area (TPSA) is 108 Å². The molecule has 2 saturated heterocycles. The minimum Gasteiger partial charge on any atom is -0.351 e. The van der Waals surface area contributed by atoms with Crippen molar-refractivity contribution in [1.82, 2.24) is 30.0 Å². The van der Waals surface area contributed by atoms with Crippen molar-refractivity contribution in [3.63, 3.8) is 0 Å². The van der Waals surface area contributed by atoms with Gasteiger partial charge >= 0.3 is 0 Å². The molecule has 3 aliphatic rings. The molecule has 7 rings (SSSR count). The number of piperidine rings is 2. The highest BCUT2D eigenvalue weighted by molar-refractivity contribution is 6.07. The molecular weight excluding hydrogens is 478 g/mol. The molecule has 1 aliphatic carbocycles. The Labute approximate surface area is 221 Å². The van der Waals surface area contributed by atoms with E-state index in [1.54, 1.807) is 29.2 Å². The van der Waals surface area contributed by atoms with Gasteiger partial charge in [-0.25, -0.2) is 4.98 Å². The Bertz CT molecular complexity index is 1500. The van der Waals surface area contributed by atoms with E-state index in [4.69, 9.17) is 0 Å². The highest BCUT2D eigenvalue weighted by atomic mass is 16.2. The number of hydrogen-bond acceptors (Lipinski definition) is 5. The molecule has 1 aromatic carbocycles. The minimum atomic E-state index is -0.274. The van der Waals surface area contributed by atoms with Crippen molar-refractivity contribution in [2.75, 3.05) is 25.0 Å². The second kappa shape index (κ2) is 10.1. The summed E-state index contributed by atoms with van der Waals surface area (Å²) < 4.78 is 1.74. The standard InChI is InChI=1S/C29H33N7O2/c1-18-3-6-20(28(37)30-9-10-36-16-19-4-7-24(36)8-5-19)12-25(18)34-29(38)22-11-21-13-26(33-27(21)31-14-22)23-15-32-35(2)17-23/h3,6,11-15,17,19,24H,4-5,7-10,16H2,1-2H3,(H,30,37)(H,31,33)(H,34,38). The Balaban J connectivity index is 1.10. The second-order valence-corrected chi connectivity index (χ2v) is 10.7. The third-order valence-corrected chi connectivity index (χ3v) is 8.01. The summed E-state index contributed by atoms with van der Waals surface area (Å²) in [6.07, 6.45) is 10.5. The fraction of sp³-hybridized carbons (Fsp3) is 0.379. The van der Waals surface area contributed by atoms with Crippen LogP contribution in [0.15, 0.2) is 48.9 Å². The van der Waals surface area contributed by atoms with Gasteiger partial charge in [-0.1, -0.05) is 6.07 Å². The molecule has 5 heterocycles. The predicted octanol–water partition coefficient (Wildman–Crippen LogP) is 4.13. The monoisotopic (exact) mass is 511 g/mol. The molecule has 9 heteroatoms. The van der Waals surface area contributed by atoms with Crippen molar-refractivity contribution in [2.45, 2.75) is 38.6 Å². The summed E-state index contributed by atoms with van der Waals surface area (Å²) in [5.74, 6) is 0.431. The van der Waals surface area contributed by atoms with Crippen LogP contribution in [0.2, 0.25) is 0 Å². The van der Waals surface area contributed by atoms with Gasteiger partial charge in [-0.15, -0.1) is 0 Å². The lowest BCUT2D eigenvalue weighted by molar-refractivity contribution is 0.0494. The zero-order valence-electron chi connectivity index (χ0n) is 21.8. The first-order chi connectivity index (χ1) is 18.4. The Kier molecular flexibility index (Phi) is 6.45. The van der Waals surface area contributed by atoms with Crippen LogP contribution in [-0.4, -0.2) is 62.1 Å². The average Bonchev–Trinajstić information content (AvgIpc) is 3.56. The Hall–Kier alpha value is -3.98. The molecule has 9 nitrogen and oxygen atoms in total. The third kappa shape index (κ3) is 4.93. The number of rotatable bonds is 7. The summed E-state index contributed by atoms with van der Waals surface area (Å²) in [5, 5.41) is 11.1. The number of aromatic nitrogens is 4. The van der Waals surface area contributed by atoms with E-state index in [1.165, 1.54) is 25.7 Å². The number of benzene rings is 1. The molecule has 2 bridgehead atoms. The first kappa shape index (κ1) is 24.4. The summed E-state index contributed by atoms with van der Waals surface area (Å²) in [4.78, 5) is 36.2. The van der Waals surface area contributed by atoms with Gasteiger partial charge in [-0.2, -0.15) is 5.10 Å².